The van der Waals surface area contributed by atoms with Crippen molar-refractivity contribution in [1.29, 1.82) is 0 Å². The van der Waals surface area contributed by atoms with Crippen molar-refractivity contribution in [1.82, 2.24) is 0 Å². The molecule has 1 aliphatic heterocycles. The first kappa shape index (κ1) is 14.9. The molecule has 3 nitrogen and oxygen atoms in total. The minimum Gasteiger partial charge on any atom is -0.327 e. The summed E-state index contributed by atoms with van der Waals surface area (Å²) in [5, 5.41) is 2.45. The Kier molecular flexibility index (Phi) is 4.70. The van der Waals surface area contributed by atoms with E-state index in [4.69, 9.17) is 0 Å². The number of carbonyl (C=O) groups is 1. The molecule has 0 unspecified atom stereocenters. The van der Waals surface area contributed by atoms with E-state index >= 15 is 0 Å². The van der Waals surface area contributed by atoms with Crippen LogP contribution < -0.4 is 10.2 Å². The summed E-state index contributed by atoms with van der Waals surface area (Å²) in [5.41, 5.74) is -0.0903. The summed E-state index contributed by atoms with van der Waals surface area (Å²) in [4.78, 5) is 13.1. The van der Waals surface area contributed by atoms with Gasteiger partial charge in [-0.3, -0.25) is 4.79 Å². The fraction of sp³-hybridized carbons (Fsp3) is 0.533. The van der Waals surface area contributed by atoms with E-state index in [0.717, 1.165) is 31.3 Å². The maximum Gasteiger partial charge on any atom is 0.279 e. The molecule has 2 rings (SSSR count). The molecule has 110 valence electrons. The van der Waals surface area contributed by atoms with Crippen LogP contribution in [0, 0.1) is 23.5 Å². The van der Waals surface area contributed by atoms with Gasteiger partial charge in [0, 0.05) is 17.9 Å². The molecule has 20 heavy (non-hydrogen) atoms. The lowest BCUT2D eigenvalue weighted by atomic mass is 9.92. The number of carbonyl (C=O) groups excluding carboxylic acids is 1. The lowest BCUT2D eigenvalue weighted by Crippen LogP contribution is -3.15. The quantitative estimate of drug-likeness (QED) is 0.865. The lowest BCUT2D eigenvalue weighted by Gasteiger charge is -2.31. The predicted molar refractivity (Wildman–Crippen MR) is 73.5 cm³/mol. The molecule has 1 aromatic carbocycles. The largest absolute Gasteiger partial charge is 0.327 e. The summed E-state index contributed by atoms with van der Waals surface area (Å²) < 4.78 is 26.5. The topological polar surface area (TPSA) is 33.5 Å². The minimum absolute atomic E-state index is 0.0903. The molecule has 1 amide bonds. The zero-order chi connectivity index (χ0) is 14.7. The molecular weight excluding hydrogens is 262 g/mol. The third kappa shape index (κ3) is 4.00. The molecule has 1 aliphatic rings. The van der Waals surface area contributed by atoms with Crippen LogP contribution in [0.15, 0.2) is 18.2 Å². The number of amides is 1. The Hall–Kier alpha value is -1.49. The maximum atomic E-state index is 13.4. The van der Waals surface area contributed by atoms with Gasteiger partial charge in [-0.05, 0) is 18.6 Å². The highest BCUT2D eigenvalue weighted by Gasteiger charge is 2.26. The fourth-order valence-corrected chi connectivity index (χ4v) is 3.08. The van der Waals surface area contributed by atoms with Gasteiger partial charge in [-0.15, -0.1) is 0 Å². The Bertz CT molecular complexity index is 483. The molecule has 1 fully saturated rings. The van der Waals surface area contributed by atoms with Crippen molar-refractivity contribution in [2.75, 3.05) is 25.0 Å². The second-order valence-corrected chi connectivity index (χ2v) is 5.95. The highest BCUT2D eigenvalue weighted by molar-refractivity contribution is 5.91. The summed E-state index contributed by atoms with van der Waals surface area (Å²) in [7, 11) is 0. The van der Waals surface area contributed by atoms with Gasteiger partial charge in [0.15, 0.2) is 6.54 Å². The first-order valence-corrected chi connectivity index (χ1v) is 7.02. The lowest BCUT2D eigenvalue weighted by molar-refractivity contribution is -0.904. The van der Waals surface area contributed by atoms with E-state index < -0.39 is 11.6 Å². The molecule has 1 heterocycles. The van der Waals surface area contributed by atoms with Crippen molar-refractivity contribution < 1.29 is 18.5 Å². The van der Waals surface area contributed by atoms with Crippen LogP contribution in [0.3, 0.4) is 0 Å². The number of rotatable bonds is 3. The normalized spacial score (nSPS) is 26.3. The van der Waals surface area contributed by atoms with Crippen molar-refractivity contribution in [3.05, 3.63) is 29.8 Å². The third-order valence-electron chi connectivity index (χ3n) is 3.69. The molecule has 0 spiro atoms. The van der Waals surface area contributed by atoms with Crippen molar-refractivity contribution in [3.63, 3.8) is 0 Å². The molecule has 5 heteroatoms. The Morgan fingerprint density at radius 2 is 1.95 bits per heavy atom. The summed E-state index contributed by atoms with van der Waals surface area (Å²) in [6, 6.07) is 3.05. The summed E-state index contributed by atoms with van der Waals surface area (Å²) in [5.74, 6) is -0.268. The van der Waals surface area contributed by atoms with Crippen LogP contribution in [0.1, 0.15) is 20.3 Å². The molecule has 1 aromatic rings. The van der Waals surface area contributed by atoms with Gasteiger partial charge >= 0.3 is 0 Å². The Morgan fingerprint density at radius 1 is 1.30 bits per heavy atom. The van der Waals surface area contributed by atoms with E-state index in [1.54, 1.807) is 0 Å². The number of benzene rings is 1. The van der Waals surface area contributed by atoms with Gasteiger partial charge in [-0.2, -0.15) is 0 Å². The second kappa shape index (κ2) is 6.31. The zero-order valence-electron chi connectivity index (χ0n) is 11.9. The minimum atomic E-state index is -0.616. The number of piperidine rings is 1. The summed E-state index contributed by atoms with van der Waals surface area (Å²) in [6.45, 7) is 6.55. The Balaban J connectivity index is 1.93. The van der Waals surface area contributed by atoms with Crippen LogP contribution in [-0.4, -0.2) is 25.5 Å². The van der Waals surface area contributed by atoms with E-state index in [1.807, 2.05) is 0 Å². The molecule has 0 radical (unpaired) electrons. The van der Waals surface area contributed by atoms with Gasteiger partial charge in [0.25, 0.3) is 5.91 Å². The first-order chi connectivity index (χ1) is 9.44. The molecule has 0 saturated carbocycles. The second-order valence-electron chi connectivity index (χ2n) is 5.95. The van der Waals surface area contributed by atoms with Crippen molar-refractivity contribution in [2.24, 2.45) is 11.8 Å². The van der Waals surface area contributed by atoms with Crippen LogP contribution in [0.25, 0.3) is 0 Å². The van der Waals surface area contributed by atoms with Crippen LogP contribution >= 0.6 is 0 Å². The fourth-order valence-electron chi connectivity index (χ4n) is 3.08. The van der Waals surface area contributed by atoms with Crippen LogP contribution in [0.4, 0.5) is 14.5 Å². The van der Waals surface area contributed by atoms with Gasteiger partial charge < -0.3 is 10.2 Å². The van der Waals surface area contributed by atoms with E-state index in [2.05, 4.69) is 19.2 Å². The smallest absolute Gasteiger partial charge is 0.279 e. The molecule has 2 atom stereocenters. The number of quaternary nitrogens is 1. The summed E-state index contributed by atoms with van der Waals surface area (Å²) >= 11 is 0. The number of likely N-dealkylation sites (tertiary alicyclic amines) is 1. The van der Waals surface area contributed by atoms with Gasteiger partial charge in [-0.1, -0.05) is 13.8 Å². The summed E-state index contributed by atoms with van der Waals surface area (Å²) in [6.07, 6.45) is 1.18. The molecule has 0 bridgehead atoms. The first-order valence-electron chi connectivity index (χ1n) is 7.02. The van der Waals surface area contributed by atoms with Crippen LogP contribution in [0.2, 0.25) is 0 Å². The molecule has 0 aliphatic carbocycles. The molecule has 1 saturated heterocycles. The average Bonchev–Trinajstić information content (AvgIpc) is 2.32. The number of hydrogen-bond acceptors (Lipinski definition) is 1. The number of hydrogen-bond donors (Lipinski definition) is 2. The number of anilines is 1. The van der Waals surface area contributed by atoms with E-state index in [0.29, 0.717) is 18.4 Å². The molecular formula is C15H21F2N2O+. The monoisotopic (exact) mass is 283 g/mol. The number of halogens is 2. The van der Waals surface area contributed by atoms with Gasteiger partial charge in [-0.25, -0.2) is 8.78 Å². The van der Waals surface area contributed by atoms with Crippen molar-refractivity contribution >= 4 is 11.6 Å². The van der Waals surface area contributed by atoms with Crippen LogP contribution in [-0.2, 0) is 4.79 Å². The van der Waals surface area contributed by atoms with E-state index in [1.165, 1.54) is 11.3 Å². The van der Waals surface area contributed by atoms with Crippen molar-refractivity contribution in [2.45, 2.75) is 20.3 Å². The predicted octanol–water partition coefficient (Wildman–Crippen LogP) is 1.46. The highest BCUT2D eigenvalue weighted by Crippen LogP contribution is 2.15. The van der Waals surface area contributed by atoms with Gasteiger partial charge in [0.2, 0.25) is 0 Å². The van der Waals surface area contributed by atoms with Crippen LogP contribution in [0.5, 0.6) is 0 Å². The third-order valence-corrected chi connectivity index (χ3v) is 3.69. The standard InChI is InChI=1S/C15H20F2N2O/c1-10-5-11(2)8-19(7-10)9-15(20)18-14-6-12(16)3-4-13(14)17/h3-4,6,10-11H,5,7-9H2,1-2H3,(H,18,20)/p+1/t10-,11-/m0/s1. The van der Waals surface area contributed by atoms with E-state index in [-0.39, 0.29) is 11.6 Å². The maximum absolute atomic E-state index is 13.4. The van der Waals surface area contributed by atoms with Gasteiger partial charge in [0.05, 0.1) is 18.8 Å². The average molecular weight is 283 g/mol. The van der Waals surface area contributed by atoms with Gasteiger partial charge in [0.1, 0.15) is 11.6 Å². The number of nitrogens with one attached hydrogen (secondary N) is 2. The Labute approximate surface area is 118 Å². The SMILES string of the molecule is C[C@H]1C[C@H](C)C[NH+](CC(=O)Nc2cc(F)ccc2F)C1. The van der Waals surface area contributed by atoms with E-state index in [9.17, 15) is 13.6 Å². The van der Waals surface area contributed by atoms with Crippen molar-refractivity contribution in [3.8, 4) is 0 Å². The highest BCUT2D eigenvalue weighted by atomic mass is 19.1. The molecule has 0 aromatic heterocycles. The Morgan fingerprint density at radius 3 is 2.60 bits per heavy atom. The zero-order valence-corrected chi connectivity index (χ0v) is 11.9. The molecule has 2 N–H and O–H groups in total.